The van der Waals surface area contributed by atoms with E-state index in [4.69, 9.17) is 5.84 Å². The number of hydrogen-bond donors (Lipinski definition) is 3. The molecule has 104 valence electrons. The summed E-state index contributed by atoms with van der Waals surface area (Å²) >= 11 is 0. The molecule has 2 rings (SSSR count). The number of nitrogen functional groups attached to an aromatic ring is 1. The van der Waals surface area contributed by atoms with Gasteiger partial charge >= 0.3 is 0 Å². The lowest BCUT2D eigenvalue weighted by molar-refractivity contribution is 0.0935. The molecule has 1 aliphatic rings. The van der Waals surface area contributed by atoms with Crippen LogP contribution in [0.2, 0.25) is 0 Å². The second kappa shape index (κ2) is 4.49. The molecule has 0 atom stereocenters. The van der Waals surface area contributed by atoms with Crippen LogP contribution in [0, 0.1) is 0 Å². The Bertz CT molecular complexity index is 501. The van der Waals surface area contributed by atoms with Crippen LogP contribution in [0.1, 0.15) is 56.6 Å². The molecule has 5 heteroatoms. The molecular weight excluding hydrogens is 240 g/mol. The maximum absolute atomic E-state index is 12.2. The second-order valence-electron chi connectivity index (χ2n) is 6.54. The molecule has 4 N–H and O–H groups in total. The highest BCUT2D eigenvalue weighted by Gasteiger charge is 2.39. The second-order valence-corrected chi connectivity index (χ2v) is 6.54. The first-order valence-electron chi connectivity index (χ1n) is 6.55. The van der Waals surface area contributed by atoms with Crippen LogP contribution in [0.5, 0.6) is 0 Å². The van der Waals surface area contributed by atoms with Crippen molar-refractivity contribution in [2.24, 2.45) is 5.84 Å². The van der Waals surface area contributed by atoms with E-state index in [1.54, 1.807) is 6.07 Å². The van der Waals surface area contributed by atoms with Gasteiger partial charge < -0.3 is 10.7 Å². The zero-order valence-electron chi connectivity index (χ0n) is 12.0. The fraction of sp³-hybridized carbons (Fsp3) is 0.571. The Morgan fingerprint density at radius 1 is 1.37 bits per heavy atom. The van der Waals surface area contributed by atoms with Crippen molar-refractivity contribution in [2.45, 2.75) is 51.5 Å². The number of nitrogens with two attached hydrogens (primary N) is 1. The third-order valence-corrected chi connectivity index (χ3v) is 3.42. The minimum atomic E-state index is -0.134. The number of hydrogen-bond acceptors (Lipinski definition) is 4. The smallest absolute Gasteiger partial charge is 0.251 e. The van der Waals surface area contributed by atoms with Crippen LogP contribution < -0.4 is 16.6 Å². The molecule has 1 aliphatic carbocycles. The Morgan fingerprint density at radius 2 is 2.00 bits per heavy atom. The SMILES string of the molecule is CC1(NC(=O)c2cc(NN)nc(C(C)(C)C)c2)CC1. The van der Waals surface area contributed by atoms with Gasteiger partial charge in [-0.3, -0.25) is 4.79 Å². The first-order chi connectivity index (χ1) is 8.73. The van der Waals surface area contributed by atoms with E-state index in [1.165, 1.54) is 0 Å². The van der Waals surface area contributed by atoms with Crippen molar-refractivity contribution in [3.63, 3.8) is 0 Å². The van der Waals surface area contributed by atoms with Crippen LogP contribution in [-0.4, -0.2) is 16.4 Å². The van der Waals surface area contributed by atoms with Crippen LogP contribution in [0.4, 0.5) is 5.82 Å². The van der Waals surface area contributed by atoms with Gasteiger partial charge in [-0.05, 0) is 31.9 Å². The predicted octanol–water partition coefficient (Wildman–Crippen LogP) is 1.95. The fourth-order valence-corrected chi connectivity index (χ4v) is 1.78. The summed E-state index contributed by atoms with van der Waals surface area (Å²) in [5.74, 6) is 5.87. The van der Waals surface area contributed by atoms with Gasteiger partial charge in [0.2, 0.25) is 0 Å². The summed E-state index contributed by atoms with van der Waals surface area (Å²) in [6.45, 7) is 8.22. The molecule has 1 heterocycles. The van der Waals surface area contributed by atoms with Crippen LogP contribution in [0.3, 0.4) is 0 Å². The molecular formula is C14H22N4O. The van der Waals surface area contributed by atoms with E-state index < -0.39 is 0 Å². The van der Waals surface area contributed by atoms with Crippen molar-refractivity contribution in [2.75, 3.05) is 5.43 Å². The van der Waals surface area contributed by atoms with Crippen LogP contribution in [0.15, 0.2) is 12.1 Å². The number of carbonyl (C=O) groups is 1. The molecule has 0 saturated heterocycles. The summed E-state index contributed by atoms with van der Waals surface area (Å²) in [5.41, 5.74) is 3.80. The number of pyridine rings is 1. The zero-order chi connectivity index (χ0) is 14.3. The summed E-state index contributed by atoms with van der Waals surface area (Å²) in [7, 11) is 0. The number of anilines is 1. The van der Waals surface area contributed by atoms with E-state index in [-0.39, 0.29) is 16.9 Å². The number of amides is 1. The molecule has 0 spiro atoms. The quantitative estimate of drug-likeness (QED) is 0.574. The number of hydrazine groups is 1. The number of nitrogens with one attached hydrogen (secondary N) is 2. The number of rotatable bonds is 3. The first-order valence-corrected chi connectivity index (χ1v) is 6.55. The molecule has 1 aromatic heterocycles. The lowest BCUT2D eigenvalue weighted by Gasteiger charge is -2.20. The van der Waals surface area contributed by atoms with Gasteiger partial charge in [0, 0.05) is 22.2 Å². The van der Waals surface area contributed by atoms with Crippen LogP contribution >= 0.6 is 0 Å². The average Bonchev–Trinajstić information content (AvgIpc) is 3.05. The number of nitrogens with zero attached hydrogens (tertiary/aromatic N) is 1. The third-order valence-electron chi connectivity index (χ3n) is 3.42. The Kier molecular flexibility index (Phi) is 3.26. The van der Waals surface area contributed by atoms with Crippen molar-refractivity contribution in [3.05, 3.63) is 23.4 Å². The summed E-state index contributed by atoms with van der Waals surface area (Å²) in [4.78, 5) is 16.6. The highest BCUT2D eigenvalue weighted by Crippen LogP contribution is 2.34. The van der Waals surface area contributed by atoms with E-state index in [9.17, 15) is 4.79 Å². The van der Waals surface area contributed by atoms with E-state index in [0.717, 1.165) is 18.5 Å². The Hall–Kier alpha value is -1.62. The highest BCUT2D eigenvalue weighted by atomic mass is 16.1. The maximum atomic E-state index is 12.2. The standard InChI is InChI=1S/C14H22N4O/c1-13(2,3)10-7-9(8-11(16-10)18-15)12(19)17-14(4)5-6-14/h7-8H,5-6,15H2,1-4H3,(H,16,18)(H,17,19). The molecule has 0 aliphatic heterocycles. The monoisotopic (exact) mass is 262 g/mol. The molecule has 1 saturated carbocycles. The Morgan fingerprint density at radius 3 is 2.47 bits per heavy atom. The zero-order valence-corrected chi connectivity index (χ0v) is 12.0. The van der Waals surface area contributed by atoms with Crippen molar-refractivity contribution >= 4 is 11.7 Å². The molecule has 0 aromatic carbocycles. The molecule has 19 heavy (non-hydrogen) atoms. The van der Waals surface area contributed by atoms with Gasteiger partial charge in [0.1, 0.15) is 5.82 Å². The minimum Gasteiger partial charge on any atom is -0.347 e. The van der Waals surface area contributed by atoms with Gasteiger partial charge in [-0.1, -0.05) is 20.8 Å². The Labute approximate surface area is 114 Å². The van der Waals surface area contributed by atoms with Crippen molar-refractivity contribution < 1.29 is 4.79 Å². The molecule has 0 bridgehead atoms. The fourth-order valence-electron chi connectivity index (χ4n) is 1.78. The predicted molar refractivity (Wildman–Crippen MR) is 75.9 cm³/mol. The first kappa shape index (κ1) is 13.8. The van der Waals surface area contributed by atoms with Gasteiger partial charge in [-0.2, -0.15) is 0 Å². The van der Waals surface area contributed by atoms with Gasteiger partial charge in [-0.15, -0.1) is 0 Å². The van der Waals surface area contributed by atoms with Crippen molar-refractivity contribution in [1.82, 2.24) is 10.3 Å². The number of carbonyl (C=O) groups excluding carboxylic acids is 1. The van der Waals surface area contributed by atoms with Gasteiger partial charge in [0.25, 0.3) is 5.91 Å². The number of aromatic nitrogens is 1. The van der Waals surface area contributed by atoms with Crippen LogP contribution in [-0.2, 0) is 5.41 Å². The molecule has 1 fully saturated rings. The lowest BCUT2D eigenvalue weighted by Crippen LogP contribution is -2.34. The lowest BCUT2D eigenvalue weighted by atomic mass is 9.90. The van der Waals surface area contributed by atoms with Crippen molar-refractivity contribution in [1.29, 1.82) is 0 Å². The summed E-state index contributed by atoms with van der Waals surface area (Å²) in [6.07, 6.45) is 2.08. The normalized spacial score (nSPS) is 16.9. The Balaban J connectivity index is 2.31. The van der Waals surface area contributed by atoms with Gasteiger partial charge in [0.05, 0.1) is 0 Å². The highest BCUT2D eigenvalue weighted by molar-refractivity contribution is 5.95. The van der Waals surface area contributed by atoms with E-state index in [0.29, 0.717) is 11.4 Å². The van der Waals surface area contributed by atoms with Gasteiger partial charge in [0.15, 0.2) is 0 Å². The van der Waals surface area contributed by atoms with Crippen molar-refractivity contribution in [3.8, 4) is 0 Å². The topological polar surface area (TPSA) is 80.0 Å². The molecule has 0 radical (unpaired) electrons. The molecule has 0 unspecified atom stereocenters. The van der Waals surface area contributed by atoms with E-state index in [1.807, 2.05) is 6.07 Å². The molecule has 5 nitrogen and oxygen atoms in total. The van der Waals surface area contributed by atoms with E-state index >= 15 is 0 Å². The largest absolute Gasteiger partial charge is 0.347 e. The molecule has 1 aromatic rings. The summed E-state index contributed by atoms with van der Waals surface area (Å²) < 4.78 is 0. The maximum Gasteiger partial charge on any atom is 0.251 e. The average molecular weight is 262 g/mol. The molecule has 1 amide bonds. The van der Waals surface area contributed by atoms with E-state index in [2.05, 4.69) is 43.4 Å². The summed E-state index contributed by atoms with van der Waals surface area (Å²) in [6, 6.07) is 3.51. The van der Waals surface area contributed by atoms with Crippen LogP contribution in [0.25, 0.3) is 0 Å². The summed E-state index contributed by atoms with van der Waals surface area (Å²) in [5, 5.41) is 3.04. The minimum absolute atomic E-state index is 0.0292. The third kappa shape index (κ3) is 3.23. The van der Waals surface area contributed by atoms with Gasteiger partial charge in [-0.25, -0.2) is 10.8 Å².